The molecule has 0 radical (unpaired) electrons. The fourth-order valence-electron chi connectivity index (χ4n) is 0.965. The molecule has 1 heterocycles. The number of aromatic nitrogens is 1. The van der Waals surface area contributed by atoms with Crippen molar-refractivity contribution < 1.29 is 31.5 Å². The van der Waals surface area contributed by atoms with Crippen molar-refractivity contribution in [3.63, 3.8) is 0 Å². The molecule has 0 amide bonds. The summed E-state index contributed by atoms with van der Waals surface area (Å²) < 4.78 is 65.8. The Morgan fingerprint density at radius 1 is 1.24 bits per heavy atom. The van der Waals surface area contributed by atoms with Gasteiger partial charge in [-0.3, -0.25) is 9.78 Å². The molecule has 0 aliphatic carbocycles. The number of methoxy groups -OCH3 is 1. The van der Waals surface area contributed by atoms with Crippen LogP contribution in [0.5, 0.6) is 5.75 Å². The quantitative estimate of drug-likeness (QED) is 0.615. The predicted molar refractivity (Wildman–Crippen MR) is 46.1 cm³/mol. The molecule has 0 aliphatic rings. The Morgan fingerprint density at radius 3 is 2.29 bits per heavy atom. The lowest BCUT2D eigenvalue weighted by molar-refractivity contribution is -0.255. The summed E-state index contributed by atoms with van der Waals surface area (Å²) >= 11 is 0. The molecular weight excluding hydrogens is 249 g/mol. The van der Waals surface area contributed by atoms with Gasteiger partial charge < -0.3 is 4.74 Å². The summed E-state index contributed by atoms with van der Waals surface area (Å²) in [6.07, 6.45) is -4.25. The second-order valence-electron chi connectivity index (χ2n) is 3.01. The van der Waals surface area contributed by atoms with Gasteiger partial charge in [-0.25, -0.2) is 0 Å². The molecule has 94 valence electrons. The van der Waals surface area contributed by atoms with Crippen LogP contribution in [0.15, 0.2) is 18.5 Å². The van der Waals surface area contributed by atoms with Gasteiger partial charge in [-0.1, -0.05) is 0 Å². The van der Waals surface area contributed by atoms with E-state index in [1.54, 1.807) is 0 Å². The van der Waals surface area contributed by atoms with Crippen molar-refractivity contribution in [2.75, 3.05) is 7.11 Å². The fourth-order valence-corrected chi connectivity index (χ4v) is 0.965. The maximum atomic E-state index is 12.7. The van der Waals surface area contributed by atoms with E-state index in [9.17, 15) is 26.7 Å². The molecule has 0 bridgehead atoms. The van der Waals surface area contributed by atoms with E-state index in [0.29, 0.717) is 6.20 Å². The van der Waals surface area contributed by atoms with Crippen LogP contribution in [0.2, 0.25) is 0 Å². The third-order valence-corrected chi connectivity index (χ3v) is 1.85. The fraction of sp³-hybridized carbons (Fsp3) is 0.333. The van der Waals surface area contributed by atoms with E-state index in [0.717, 1.165) is 19.4 Å². The molecule has 0 spiro atoms. The Morgan fingerprint density at radius 2 is 1.82 bits per heavy atom. The zero-order valence-corrected chi connectivity index (χ0v) is 8.39. The number of rotatable bonds is 3. The summed E-state index contributed by atoms with van der Waals surface area (Å²) in [4.78, 5) is 14.3. The zero-order valence-electron chi connectivity index (χ0n) is 8.39. The molecule has 0 atom stereocenters. The maximum Gasteiger partial charge on any atom is 0.461 e. The molecule has 17 heavy (non-hydrogen) atoms. The molecule has 0 aliphatic heterocycles. The number of hydrogen-bond donors (Lipinski definition) is 0. The molecule has 8 heteroatoms. The Balaban J connectivity index is 3.12. The monoisotopic (exact) mass is 255 g/mol. The lowest BCUT2D eigenvalue weighted by Crippen LogP contribution is -2.44. The Labute approximate surface area is 92.2 Å². The SMILES string of the molecule is COc1cncc(C(=O)C(F)(F)C(F)(F)F)c1. The maximum absolute atomic E-state index is 12.7. The van der Waals surface area contributed by atoms with Gasteiger partial charge >= 0.3 is 12.1 Å². The molecular formula is C9H6F5NO2. The highest BCUT2D eigenvalue weighted by atomic mass is 19.4. The van der Waals surface area contributed by atoms with Crippen molar-refractivity contribution in [1.82, 2.24) is 4.98 Å². The molecule has 0 fully saturated rings. The van der Waals surface area contributed by atoms with Gasteiger partial charge in [0.15, 0.2) is 0 Å². The average Bonchev–Trinajstić information content (AvgIpc) is 2.26. The molecule has 1 aromatic heterocycles. The number of pyridine rings is 1. The molecule has 0 aromatic carbocycles. The van der Waals surface area contributed by atoms with Crippen LogP contribution in [-0.4, -0.2) is 30.0 Å². The molecule has 0 unspecified atom stereocenters. The van der Waals surface area contributed by atoms with Gasteiger partial charge in [-0.15, -0.1) is 0 Å². The van der Waals surface area contributed by atoms with Crippen molar-refractivity contribution in [1.29, 1.82) is 0 Å². The third-order valence-electron chi connectivity index (χ3n) is 1.85. The van der Waals surface area contributed by atoms with E-state index in [-0.39, 0.29) is 5.75 Å². The largest absolute Gasteiger partial charge is 0.495 e. The van der Waals surface area contributed by atoms with Crippen molar-refractivity contribution in [2.45, 2.75) is 12.1 Å². The van der Waals surface area contributed by atoms with Crippen LogP contribution in [-0.2, 0) is 0 Å². The summed E-state index contributed by atoms with van der Waals surface area (Å²) in [5, 5.41) is 0. The van der Waals surface area contributed by atoms with Gasteiger partial charge in [0.25, 0.3) is 0 Å². The van der Waals surface area contributed by atoms with E-state index in [1.807, 2.05) is 0 Å². The molecule has 0 N–H and O–H groups in total. The lowest BCUT2D eigenvalue weighted by atomic mass is 10.1. The van der Waals surface area contributed by atoms with E-state index in [1.165, 1.54) is 0 Å². The first kappa shape index (κ1) is 13.3. The van der Waals surface area contributed by atoms with Gasteiger partial charge in [-0.05, 0) is 6.07 Å². The minimum atomic E-state index is -5.94. The van der Waals surface area contributed by atoms with Crippen LogP contribution in [0, 0.1) is 0 Å². The number of hydrogen-bond acceptors (Lipinski definition) is 3. The first-order valence-electron chi connectivity index (χ1n) is 4.18. The summed E-state index contributed by atoms with van der Waals surface area (Å²) in [6, 6.07) is 0.759. The second kappa shape index (κ2) is 4.27. The molecule has 1 aromatic rings. The first-order chi connectivity index (χ1) is 7.70. The Bertz CT molecular complexity index is 430. The van der Waals surface area contributed by atoms with Crippen LogP contribution in [0.4, 0.5) is 22.0 Å². The molecule has 1 rings (SSSR count). The number of halogens is 5. The summed E-state index contributed by atoms with van der Waals surface area (Å²) in [7, 11) is 1.16. The average molecular weight is 255 g/mol. The van der Waals surface area contributed by atoms with Gasteiger partial charge in [0, 0.05) is 11.8 Å². The van der Waals surface area contributed by atoms with Crippen LogP contribution in [0.1, 0.15) is 10.4 Å². The first-order valence-corrected chi connectivity index (χ1v) is 4.18. The highest BCUT2D eigenvalue weighted by Crippen LogP contribution is 2.38. The highest BCUT2D eigenvalue weighted by Gasteiger charge is 2.63. The molecule has 3 nitrogen and oxygen atoms in total. The van der Waals surface area contributed by atoms with E-state index in [4.69, 9.17) is 0 Å². The number of ether oxygens (including phenoxy) is 1. The molecule has 0 saturated heterocycles. The lowest BCUT2D eigenvalue weighted by Gasteiger charge is -2.17. The van der Waals surface area contributed by atoms with Crippen LogP contribution >= 0.6 is 0 Å². The van der Waals surface area contributed by atoms with E-state index in [2.05, 4.69) is 9.72 Å². The van der Waals surface area contributed by atoms with Crippen LogP contribution in [0.25, 0.3) is 0 Å². The van der Waals surface area contributed by atoms with E-state index < -0.39 is 23.4 Å². The smallest absolute Gasteiger partial charge is 0.461 e. The van der Waals surface area contributed by atoms with Crippen LogP contribution in [0.3, 0.4) is 0 Å². The van der Waals surface area contributed by atoms with Crippen molar-refractivity contribution >= 4 is 5.78 Å². The number of carbonyl (C=O) groups excluding carboxylic acids is 1. The standard InChI is InChI=1S/C9H6F5NO2/c1-17-6-2-5(3-15-4-6)7(16)8(10,11)9(12,13)14/h2-4H,1H3. The normalized spacial score (nSPS) is 12.4. The number of Topliss-reactive ketones (excluding diaryl/α,β-unsaturated/α-hetero) is 1. The van der Waals surface area contributed by atoms with Gasteiger partial charge in [0.2, 0.25) is 5.78 Å². The topological polar surface area (TPSA) is 39.2 Å². The highest BCUT2D eigenvalue weighted by molar-refractivity contribution is 6.01. The van der Waals surface area contributed by atoms with E-state index >= 15 is 0 Å². The Kier molecular flexibility index (Phi) is 3.35. The van der Waals surface area contributed by atoms with Crippen molar-refractivity contribution in [2.24, 2.45) is 0 Å². The van der Waals surface area contributed by atoms with Gasteiger partial charge in [0.05, 0.1) is 13.3 Å². The summed E-state index contributed by atoms with van der Waals surface area (Å²) in [5.74, 6) is -7.90. The van der Waals surface area contributed by atoms with Crippen LogP contribution < -0.4 is 4.74 Å². The minimum Gasteiger partial charge on any atom is -0.495 e. The minimum absolute atomic E-state index is 0.0891. The third kappa shape index (κ3) is 2.51. The number of nitrogens with zero attached hydrogens (tertiary/aromatic N) is 1. The molecule has 0 saturated carbocycles. The van der Waals surface area contributed by atoms with Crippen molar-refractivity contribution in [3.8, 4) is 5.75 Å². The number of carbonyl (C=O) groups is 1. The predicted octanol–water partition coefficient (Wildman–Crippen LogP) is 2.47. The number of ketones is 1. The van der Waals surface area contributed by atoms with Gasteiger partial charge in [-0.2, -0.15) is 22.0 Å². The second-order valence-corrected chi connectivity index (χ2v) is 3.01. The summed E-state index contributed by atoms with van der Waals surface area (Å²) in [6.45, 7) is 0. The van der Waals surface area contributed by atoms with Gasteiger partial charge in [0.1, 0.15) is 5.75 Å². The zero-order chi connectivity index (χ0) is 13.3. The Hall–Kier alpha value is -1.73. The summed E-state index contributed by atoms with van der Waals surface area (Å²) in [5.41, 5.74) is -0.869. The van der Waals surface area contributed by atoms with Crippen molar-refractivity contribution in [3.05, 3.63) is 24.0 Å². The number of alkyl halides is 5.